The van der Waals surface area contributed by atoms with E-state index in [0.29, 0.717) is 5.92 Å². The maximum absolute atomic E-state index is 12.4. The smallest absolute Gasteiger partial charge is 0.410 e. The van der Waals surface area contributed by atoms with Crippen LogP contribution in [0.4, 0.5) is 10.5 Å². The second kappa shape index (κ2) is 5.24. The van der Waals surface area contributed by atoms with Gasteiger partial charge in [0, 0.05) is 30.7 Å². The van der Waals surface area contributed by atoms with Crippen LogP contribution in [0, 0.1) is 0 Å². The quantitative estimate of drug-likeness (QED) is 0.858. The zero-order valence-electron chi connectivity index (χ0n) is 13.1. The number of para-hydroxylation sites is 1. The predicted molar refractivity (Wildman–Crippen MR) is 83.6 cm³/mol. The molecule has 2 atom stereocenters. The van der Waals surface area contributed by atoms with E-state index in [1.807, 2.05) is 25.7 Å². The molecule has 1 aromatic carbocycles. The van der Waals surface area contributed by atoms with Gasteiger partial charge in [0.05, 0.1) is 0 Å². The van der Waals surface area contributed by atoms with E-state index in [1.54, 1.807) is 0 Å². The highest BCUT2D eigenvalue weighted by molar-refractivity contribution is 5.70. The maximum atomic E-state index is 12.4. The van der Waals surface area contributed by atoms with Gasteiger partial charge in [-0.1, -0.05) is 18.2 Å². The molecule has 1 saturated heterocycles. The molecular weight excluding hydrogens is 264 g/mol. The number of amides is 1. The van der Waals surface area contributed by atoms with Crippen LogP contribution in [-0.4, -0.2) is 35.7 Å². The third-order valence-electron chi connectivity index (χ3n) is 4.26. The topological polar surface area (TPSA) is 41.6 Å². The van der Waals surface area contributed by atoms with Gasteiger partial charge in [-0.25, -0.2) is 4.79 Å². The molecule has 2 aliphatic rings. The maximum Gasteiger partial charge on any atom is 0.410 e. The molecule has 3 rings (SSSR count). The highest BCUT2D eigenvalue weighted by Crippen LogP contribution is 2.39. The minimum Gasteiger partial charge on any atom is -0.444 e. The second-order valence-corrected chi connectivity index (χ2v) is 6.96. The van der Waals surface area contributed by atoms with Crippen molar-refractivity contribution in [2.45, 2.75) is 51.2 Å². The lowest BCUT2D eigenvalue weighted by atomic mass is 9.92. The molecule has 114 valence electrons. The Morgan fingerprint density at radius 2 is 2.10 bits per heavy atom. The van der Waals surface area contributed by atoms with Crippen LogP contribution in [0.25, 0.3) is 0 Å². The average molecular weight is 288 g/mol. The number of benzene rings is 1. The van der Waals surface area contributed by atoms with Crippen molar-refractivity contribution in [3.63, 3.8) is 0 Å². The minimum absolute atomic E-state index is 0.172. The number of carbonyl (C=O) groups is 1. The Labute approximate surface area is 126 Å². The largest absolute Gasteiger partial charge is 0.444 e. The molecule has 0 spiro atoms. The monoisotopic (exact) mass is 288 g/mol. The van der Waals surface area contributed by atoms with Gasteiger partial charge >= 0.3 is 6.09 Å². The summed E-state index contributed by atoms with van der Waals surface area (Å²) in [5, 5.41) is 3.46. The molecule has 21 heavy (non-hydrogen) atoms. The Balaban J connectivity index is 1.78. The van der Waals surface area contributed by atoms with Gasteiger partial charge in [0.1, 0.15) is 5.60 Å². The van der Waals surface area contributed by atoms with Crippen LogP contribution in [0.3, 0.4) is 0 Å². The molecule has 0 saturated carbocycles. The summed E-state index contributed by atoms with van der Waals surface area (Å²) in [6, 6.07) is 8.66. The van der Waals surface area contributed by atoms with E-state index in [0.717, 1.165) is 25.9 Å². The SMILES string of the molecule is CC(C)(C)OC(=O)N1CCCC1C1CNc2ccccc21. The van der Waals surface area contributed by atoms with E-state index in [2.05, 4.69) is 29.6 Å². The van der Waals surface area contributed by atoms with Gasteiger partial charge in [-0.2, -0.15) is 0 Å². The Morgan fingerprint density at radius 3 is 2.86 bits per heavy atom. The highest BCUT2D eigenvalue weighted by Gasteiger charge is 2.39. The Kier molecular flexibility index (Phi) is 3.56. The molecule has 2 unspecified atom stereocenters. The summed E-state index contributed by atoms with van der Waals surface area (Å²) in [5.74, 6) is 0.371. The van der Waals surface area contributed by atoms with Gasteiger partial charge in [0.15, 0.2) is 0 Å². The van der Waals surface area contributed by atoms with Crippen molar-refractivity contribution >= 4 is 11.8 Å². The Hall–Kier alpha value is -1.71. The Morgan fingerprint density at radius 1 is 1.33 bits per heavy atom. The first-order valence-electron chi connectivity index (χ1n) is 7.78. The first-order chi connectivity index (χ1) is 9.96. The first kappa shape index (κ1) is 14.2. The number of hydrogen-bond acceptors (Lipinski definition) is 3. The van der Waals surface area contributed by atoms with Crippen LogP contribution >= 0.6 is 0 Å². The highest BCUT2D eigenvalue weighted by atomic mass is 16.6. The summed E-state index contributed by atoms with van der Waals surface area (Å²) in [4.78, 5) is 14.4. The van der Waals surface area contributed by atoms with Crippen LogP contribution in [-0.2, 0) is 4.74 Å². The van der Waals surface area contributed by atoms with E-state index in [4.69, 9.17) is 4.74 Å². The molecule has 1 fully saturated rings. The van der Waals surface area contributed by atoms with Crippen LogP contribution in [0.15, 0.2) is 24.3 Å². The van der Waals surface area contributed by atoms with Gasteiger partial charge in [0.2, 0.25) is 0 Å². The average Bonchev–Trinajstić information content (AvgIpc) is 3.02. The summed E-state index contributed by atoms with van der Waals surface area (Å²) in [7, 11) is 0. The molecule has 0 bridgehead atoms. The van der Waals surface area contributed by atoms with E-state index in [9.17, 15) is 4.79 Å². The summed E-state index contributed by atoms with van der Waals surface area (Å²) >= 11 is 0. The molecule has 1 N–H and O–H groups in total. The number of carbonyl (C=O) groups excluding carboxylic acids is 1. The predicted octanol–water partition coefficient (Wildman–Crippen LogP) is 3.60. The summed E-state index contributed by atoms with van der Waals surface area (Å²) in [6.45, 7) is 7.47. The molecule has 1 aromatic rings. The fourth-order valence-corrected chi connectivity index (χ4v) is 3.41. The number of rotatable bonds is 1. The van der Waals surface area contributed by atoms with Gasteiger partial charge in [-0.05, 0) is 45.2 Å². The molecular formula is C17H24N2O2. The molecule has 4 heteroatoms. The zero-order chi connectivity index (χ0) is 15.0. The fourth-order valence-electron chi connectivity index (χ4n) is 3.41. The normalized spacial score (nSPS) is 24.6. The number of ether oxygens (including phenoxy) is 1. The molecule has 2 heterocycles. The van der Waals surface area contributed by atoms with Gasteiger partial charge in [-0.3, -0.25) is 0 Å². The zero-order valence-corrected chi connectivity index (χ0v) is 13.1. The first-order valence-corrected chi connectivity index (χ1v) is 7.78. The standard InChI is InChI=1S/C17H24N2O2/c1-17(2,3)21-16(20)19-10-6-9-15(19)13-11-18-14-8-5-4-7-12(13)14/h4-5,7-8,13,15,18H,6,9-11H2,1-3H3. The summed E-state index contributed by atoms with van der Waals surface area (Å²) in [5.41, 5.74) is 2.10. The van der Waals surface area contributed by atoms with E-state index >= 15 is 0 Å². The lowest BCUT2D eigenvalue weighted by molar-refractivity contribution is 0.0210. The van der Waals surface area contributed by atoms with Crippen molar-refractivity contribution in [3.8, 4) is 0 Å². The lowest BCUT2D eigenvalue weighted by Gasteiger charge is -2.31. The van der Waals surface area contributed by atoms with Crippen molar-refractivity contribution < 1.29 is 9.53 Å². The molecule has 1 amide bonds. The van der Waals surface area contributed by atoms with Crippen molar-refractivity contribution in [1.82, 2.24) is 4.90 Å². The van der Waals surface area contributed by atoms with Crippen molar-refractivity contribution in [3.05, 3.63) is 29.8 Å². The number of nitrogens with zero attached hydrogens (tertiary/aromatic N) is 1. The second-order valence-electron chi connectivity index (χ2n) is 6.96. The number of nitrogens with one attached hydrogen (secondary N) is 1. The van der Waals surface area contributed by atoms with E-state index < -0.39 is 5.60 Å². The van der Waals surface area contributed by atoms with Crippen molar-refractivity contribution in [1.29, 1.82) is 0 Å². The third kappa shape index (κ3) is 2.85. The summed E-state index contributed by atoms with van der Waals surface area (Å²) in [6.07, 6.45) is 1.94. The third-order valence-corrected chi connectivity index (χ3v) is 4.26. The molecule has 0 aliphatic carbocycles. The van der Waals surface area contributed by atoms with Crippen LogP contribution in [0.2, 0.25) is 0 Å². The van der Waals surface area contributed by atoms with Crippen LogP contribution < -0.4 is 5.32 Å². The minimum atomic E-state index is -0.434. The molecule has 2 aliphatic heterocycles. The number of hydrogen-bond donors (Lipinski definition) is 1. The Bertz CT molecular complexity index is 536. The van der Waals surface area contributed by atoms with Gasteiger partial charge < -0.3 is 15.0 Å². The lowest BCUT2D eigenvalue weighted by Crippen LogP contribution is -2.42. The van der Waals surface area contributed by atoms with E-state index in [-0.39, 0.29) is 12.1 Å². The van der Waals surface area contributed by atoms with E-state index in [1.165, 1.54) is 11.3 Å². The molecule has 4 nitrogen and oxygen atoms in total. The molecule has 0 radical (unpaired) electrons. The number of likely N-dealkylation sites (tertiary alicyclic amines) is 1. The van der Waals surface area contributed by atoms with Crippen LogP contribution in [0.5, 0.6) is 0 Å². The number of anilines is 1. The molecule has 0 aromatic heterocycles. The fraction of sp³-hybridized carbons (Fsp3) is 0.588. The van der Waals surface area contributed by atoms with Gasteiger partial charge in [0.25, 0.3) is 0 Å². The van der Waals surface area contributed by atoms with Crippen molar-refractivity contribution in [2.75, 3.05) is 18.4 Å². The number of fused-ring (bicyclic) bond motifs is 1. The van der Waals surface area contributed by atoms with Crippen LogP contribution in [0.1, 0.15) is 45.1 Å². The van der Waals surface area contributed by atoms with Gasteiger partial charge in [-0.15, -0.1) is 0 Å². The van der Waals surface area contributed by atoms with Crippen molar-refractivity contribution in [2.24, 2.45) is 0 Å². The summed E-state index contributed by atoms with van der Waals surface area (Å²) < 4.78 is 5.57.